The van der Waals surface area contributed by atoms with Crippen LogP contribution in [-0.2, 0) is 29.1 Å². The van der Waals surface area contributed by atoms with Crippen LogP contribution in [0.25, 0.3) is 0 Å². The van der Waals surface area contributed by atoms with E-state index < -0.39 is 45.3 Å². The predicted octanol–water partition coefficient (Wildman–Crippen LogP) is 3.56. The Bertz CT molecular complexity index is 1040. The first kappa shape index (κ1) is 29.0. The number of ether oxygens (including phenoxy) is 3. The average molecular weight is 569 g/mol. The summed E-state index contributed by atoms with van der Waals surface area (Å²) in [5, 5.41) is 0. The molecule has 0 bridgehead atoms. The van der Waals surface area contributed by atoms with Crippen LogP contribution in [0.4, 0.5) is 17.6 Å². The number of hydrogen-bond donors (Lipinski definition) is 1. The molecule has 214 valence electrons. The van der Waals surface area contributed by atoms with Crippen LogP contribution in [0.5, 0.6) is 5.75 Å². The molecule has 1 amide bonds. The molecule has 38 heavy (non-hydrogen) atoms. The van der Waals surface area contributed by atoms with Gasteiger partial charge in [-0.15, -0.1) is 0 Å². The topological polar surface area (TPSA) is 103 Å². The van der Waals surface area contributed by atoms with E-state index in [2.05, 4.69) is 10.2 Å². The van der Waals surface area contributed by atoms with Crippen molar-refractivity contribution in [3.05, 3.63) is 29.8 Å². The Balaban J connectivity index is 1.39. The lowest BCUT2D eigenvalue weighted by molar-refractivity contribution is -0.253. The highest BCUT2D eigenvalue weighted by Gasteiger charge is 2.55. The maximum atomic E-state index is 13.8. The molecular formula is C24H32F4N2O7S. The number of carbonyl (C=O) groups is 1. The lowest BCUT2D eigenvalue weighted by Gasteiger charge is -2.41. The molecule has 0 radical (unpaired) electrons. The minimum absolute atomic E-state index is 0.0132. The zero-order chi connectivity index (χ0) is 27.4. The van der Waals surface area contributed by atoms with E-state index >= 15 is 0 Å². The number of carbonyl (C=O) groups excluding carboxylic acids is 1. The lowest BCUT2D eigenvalue weighted by atomic mass is 9.90. The number of nitrogens with one attached hydrogen (secondary N) is 1. The largest absolute Gasteiger partial charge is 0.461 e. The fourth-order valence-electron chi connectivity index (χ4n) is 5.01. The SMILES string of the molecule is O=C(NOC1CCCCO1)C1(S(=O)(=O)N2CCC(c3ccc(OC(F)(F)C(F)F)cc3)CC2)CCOCC1. The lowest BCUT2D eigenvalue weighted by Crippen LogP contribution is -2.61. The number of nitrogens with zero attached hydrogens (tertiary/aromatic N) is 1. The second-order valence-electron chi connectivity index (χ2n) is 9.66. The molecule has 0 saturated carbocycles. The molecule has 3 heterocycles. The van der Waals surface area contributed by atoms with Crippen LogP contribution in [0.1, 0.15) is 56.4 Å². The van der Waals surface area contributed by atoms with Gasteiger partial charge < -0.3 is 14.2 Å². The summed E-state index contributed by atoms with van der Waals surface area (Å²) in [5.74, 6) is -1.22. The van der Waals surface area contributed by atoms with Crippen LogP contribution < -0.4 is 10.2 Å². The summed E-state index contributed by atoms with van der Waals surface area (Å²) < 4.78 is 93.1. The summed E-state index contributed by atoms with van der Waals surface area (Å²) in [5.41, 5.74) is 3.08. The Morgan fingerprint density at radius 2 is 1.71 bits per heavy atom. The molecule has 4 rings (SSSR count). The number of alkyl halides is 4. The molecule has 0 aromatic heterocycles. The van der Waals surface area contributed by atoms with E-state index in [0.717, 1.165) is 18.4 Å². The zero-order valence-electron chi connectivity index (χ0n) is 20.8. The van der Waals surface area contributed by atoms with Gasteiger partial charge in [-0.25, -0.2) is 23.0 Å². The van der Waals surface area contributed by atoms with Crippen LogP contribution >= 0.6 is 0 Å². The van der Waals surface area contributed by atoms with E-state index in [1.54, 1.807) is 0 Å². The maximum Gasteiger partial charge on any atom is 0.461 e. The quantitative estimate of drug-likeness (QED) is 0.359. The van der Waals surface area contributed by atoms with Crippen molar-refractivity contribution in [2.45, 2.75) is 74.4 Å². The molecule has 3 aliphatic heterocycles. The minimum Gasteiger partial charge on any atom is -0.428 e. The van der Waals surface area contributed by atoms with Crippen LogP contribution in [-0.4, -0.2) is 75.1 Å². The van der Waals surface area contributed by atoms with E-state index in [1.165, 1.54) is 28.6 Å². The fraction of sp³-hybridized carbons (Fsp3) is 0.708. The van der Waals surface area contributed by atoms with Crippen molar-refractivity contribution in [3.8, 4) is 5.75 Å². The van der Waals surface area contributed by atoms with Crippen molar-refractivity contribution in [1.29, 1.82) is 0 Å². The molecule has 0 spiro atoms. The van der Waals surface area contributed by atoms with Gasteiger partial charge >= 0.3 is 12.5 Å². The van der Waals surface area contributed by atoms with Gasteiger partial charge in [-0.3, -0.25) is 4.79 Å². The maximum absolute atomic E-state index is 13.8. The van der Waals surface area contributed by atoms with Crippen molar-refractivity contribution >= 4 is 15.9 Å². The van der Waals surface area contributed by atoms with Gasteiger partial charge in [0.15, 0.2) is 11.0 Å². The Kier molecular flexibility index (Phi) is 9.18. The molecule has 9 nitrogen and oxygen atoms in total. The van der Waals surface area contributed by atoms with Gasteiger partial charge in [0.2, 0.25) is 10.0 Å². The second-order valence-corrected chi connectivity index (χ2v) is 11.9. The van der Waals surface area contributed by atoms with Gasteiger partial charge in [-0.05, 0) is 49.3 Å². The summed E-state index contributed by atoms with van der Waals surface area (Å²) in [7, 11) is -4.09. The molecule has 3 fully saturated rings. The molecule has 14 heteroatoms. The Hall–Kier alpha value is -2.00. The van der Waals surface area contributed by atoms with Crippen molar-refractivity contribution in [3.63, 3.8) is 0 Å². The molecule has 3 saturated heterocycles. The molecule has 1 unspecified atom stereocenters. The van der Waals surface area contributed by atoms with Gasteiger partial charge in [-0.2, -0.15) is 17.6 Å². The molecule has 0 aliphatic carbocycles. The van der Waals surface area contributed by atoms with Gasteiger partial charge in [-0.1, -0.05) is 12.1 Å². The van der Waals surface area contributed by atoms with Crippen molar-refractivity contribution in [2.24, 2.45) is 0 Å². The van der Waals surface area contributed by atoms with E-state index in [-0.39, 0.29) is 45.1 Å². The van der Waals surface area contributed by atoms with Crippen LogP contribution in [0, 0.1) is 0 Å². The third-order valence-corrected chi connectivity index (χ3v) is 9.91. The molecule has 1 aromatic rings. The normalized spacial score (nSPS) is 23.8. The van der Waals surface area contributed by atoms with Crippen LogP contribution in [0.2, 0.25) is 0 Å². The van der Waals surface area contributed by atoms with Gasteiger partial charge in [0.05, 0.1) is 0 Å². The first-order chi connectivity index (χ1) is 18.0. The first-order valence-electron chi connectivity index (χ1n) is 12.7. The molecule has 1 atom stereocenters. The number of piperidine rings is 1. The number of benzene rings is 1. The number of halogens is 4. The van der Waals surface area contributed by atoms with E-state index in [1.807, 2.05) is 0 Å². The number of sulfonamides is 1. The highest BCUT2D eigenvalue weighted by Crippen LogP contribution is 2.37. The highest BCUT2D eigenvalue weighted by atomic mass is 32.2. The Labute approximate surface area is 218 Å². The second kappa shape index (κ2) is 12.0. The third-order valence-electron chi connectivity index (χ3n) is 7.28. The molecule has 3 aliphatic rings. The monoisotopic (exact) mass is 568 g/mol. The van der Waals surface area contributed by atoms with E-state index in [0.29, 0.717) is 25.9 Å². The summed E-state index contributed by atoms with van der Waals surface area (Å²) in [6.45, 7) is 1.03. The molecule has 1 N–H and O–H groups in total. The van der Waals surface area contributed by atoms with Crippen LogP contribution in [0.3, 0.4) is 0 Å². The minimum atomic E-state index is -4.60. The van der Waals surface area contributed by atoms with Crippen molar-refractivity contribution < 1.29 is 49.8 Å². The zero-order valence-corrected chi connectivity index (χ0v) is 21.6. The van der Waals surface area contributed by atoms with Crippen molar-refractivity contribution in [1.82, 2.24) is 9.79 Å². The summed E-state index contributed by atoms with van der Waals surface area (Å²) in [6, 6.07) is 5.38. The highest BCUT2D eigenvalue weighted by molar-refractivity contribution is 7.91. The predicted molar refractivity (Wildman–Crippen MR) is 126 cm³/mol. The Morgan fingerprint density at radius 1 is 1.05 bits per heavy atom. The molecule has 1 aromatic carbocycles. The number of rotatable bonds is 9. The number of hydroxylamine groups is 1. The smallest absolute Gasteiger partial charge is 0.428 e. The number of hydrogen-bond acceptors (Lipinski definition) is 7. The average Bonchev–Trinajstić information content (AvgIpc) is 2.93. The summed E-state index contributed by atoms with van der Waals surface area (Å²) in [6.07, 6.45) is -5.98. The van der Waals surface area contributed by atoms with Crippen molar-refractivity contribution in [2.75, 3.05) is 32.9 Å². The number of amides is 1. The van der Waals surface area contributed by atoms with Gasteiger partial charge in [0.25, 0.3) is 5.91 Å². The van der Waals surface area contributed by atoms with Gasteiger partial charge in [0.1, 0.15) is 5.75 Å². The van der Waals surface area contributed by atoms with Gasteiger partial charge in [0, 0.05) is 52.2 Å². The Morgan fingerprint density at radius 3 is 2.29 bits per heavy atom. The standard InChI is InChI=1S/C24H32F4N2O7S/c25-21(26)24(27,28)36-19-6-4-17(5-7-19)18-8-12-30(13-9-18)38(32,33)23(10-15-34-16-11-23)22(31)29-37-20-3-1-2-14-35-20/h4-7,18,20-21H,1-3,8-16H2,(H,29,31). The van der Waals surface area contributed by atoms with E-state index in [4.69, 9.17) is 14.3 Å². The summed E-state index contributed by atoms with van der Waals surface area (Å²) in [4.78, 5) is 18.6. The fourth-order valence-corrected chi connectivity index (χ4v) is 7.15. The summed E-state index contributed by atoms with van der Waals surface area (Å²) >= 11 is 0. The first-order valence-corrected chi connectivity index (χ1v) is 14.1. The van der Waals surface area contributed by atoms with E-state index in [9.17, 15) is 30.8 Å². The van der Waals surface area contributed by atoms with Crippen LogP contribution in [0.15, 0.2) is 24.3 Å². The molecular weight excluding hydrogens is 536 g/mol. The third kappa shape index (κ3) is 6.24.